The van der Waals surface area contributed by atoms with Gasteiger partial charge in [-0.3, -0.25) is 20.0 Å². The quantitative estimate of drug-likeness (QED) is 0.515. The summed E-state index contributed by atoms with van der Waals surface area (Å²) in [5.41, 5.74) is -0.290. The van der Waals surface area contributed by atoms with Crippen molar-refractivity contribution in [1.82, 2.24) is 5.32 Å². The average molecular weight is 298 g/mol. The molecule has 6 nitrogen and oxygen atoms in total. The molecule has 0 saturated carbocycles. The lowest BCUT2D eigenvalue weighted by molar-refractivity contribution is -0.384. The highest BCUT2D eigenvalue weighted by Crippen LogP contribution is 2.59. The number of nitro groups is 1. The fraction of sp³-hybridized carbons (Fsp3) is 0.538. The van der Waals surface area contributed by atoms with E-state index in [2.05, 4.69) is 5.32 Å². The smallest absolute Gasteiger partial charge is 0.269 e. The third kappa shape index (κ3) is 2.51. The van der Waals surface area contributed by atoms with Gasteiger partial charge in [-0.05, 0) is 39.8 Å². The Morgan fingerprint density at radius 2 is 1.80 bits per heavy atom. The van der Waals surface area contributed by atoms with Crippen LogP contribution in [-0.4, -0.2) is 22.3 Å². The molecule has 0 unspecified atom stereocenters. The molecule has 0 aliphatic carbocycles. The van der Waals surface area contributed by atoms with Gasteiger partial charge in [-0.15, -0.1) is 0 Å². The Labute approximate surface area is 118 Å². The van der Waals surface area contributed by atoms with Gasteiger partial charge in [0.15, 0.2) is 0 Å². The molecule has 110 valence electrons. The summed E-state index contributed by atoms with van der Waals surface area (Å²) in [6.45, 7) is 7.94. The summed E-state index contributed by atoms with van der Waals surface area (Å²) in [5.74, 6) is 0. The lowest BCUT2D eigenvalue weighted by atomic mass is 10.1. The van der Waals surface area contributed by atoms with E-state index >= 15 is 0 Å². The molecule has 2 rings (SSSR count). The fourth-order valence-electron chi connectivity index (χ4n) is 2.52. The summed E-state index contributed by atoms with van der Waals surface area (Å²) < 4.78 is 18.9. The number of nitrogens with zero attached hydrogens (tertiary/aromatic N) is 1. The zero-order valence-electron chi connectivity index (χ0n) is 12.0. The van der Waals surface area contributed by atoms with Crippen molar-refractivity contribution in [3.63, 3.8) is 0 Å². The number of nitro benzene ring substituents is 1. The van der Waals surface area contributed by atoms with Gasteiger partial charge >= 0.3 is 0 Å². The van der Waals surface area contributed by atoms with E-state index < -0.39 is 17.6 Å². The van der Waals surface area contributed by atoms with Gasteiger partial charge in [-0.25, -0.2) is 0 Å². The van der Waals surface area contributed by atoms with Crippen LogP contribution in [0.25, 0.3) is 0 Å². The number of rotatable bonds is 2. The molecule has 0 spiro atoms. The molecule has 20 heavy (non-hydrogen) atoms. The van der Waals surface area contributed by atoms with Gasteiger partial charge in [-0.1, -0.05) is 0 Å². The van der Waals surface area contributed by atoms with E-state index in [9.17, 15) is 14.7 Å². The predicted octanol–water partition coefficient (Wildman–Crippen LogP) is 2.63. The maximum Gasteiger partial charge on any atom is 0.269 e. The first-order valence-corrected chi connectivity index (χ1v) is 7.99. The van der Waals surface area contributed by atoms with Crippen molar-refractivity contribution in [1.29, 1.82) is 0 Å². The van der Waals surface area contributed by atoms with Crippen LogP contribution in [0.3, 0.4) is 0 Å². The minimum absolute atomic E-state index is 0.0246. The van der Waals surface area contributed by atoms with E-state index in [0.29, 0.717) is 11.9 Å². The molecule has 0 radical (unpaired) electrons. The molecule has 0 aromatic heterocycles. The Hall–Kier alpha value is -1.23. The molecule has 1 atom stereocenters. The van der Waals surface area contributed by atoms with Crippen molar-refractivity contribution in [2.45, 2.75) is 38.5 Å². The van der Waals surface area contributed by atoms with Crippen molar-refractivity contribution >= 4 is 18.4 Å². The average Bonchev–Trinajstić information content (AvgIpc) is 2.33. The van der Waals surface area contributed by atoms with Crippen molar-refractivity contribution in [2.24, 2.45) is 0 Å². The first-order valence-electron chi connectivity index (χ1n) is 6.36. The van der Waals surface area contributed by atoms with E-state index in [-0.39, 0.29) is 11.2 Å². The summed E-state index contributed by atoms with van der Waals surface area (Å²) >= 11 is 0. The lowest BCUT2D eigenvalue weighted by Gasteiger charge is -2.47. The predicted molar refractivity (Wildman–Crippen MR) is 77.6 cm³/mol. The normalized spacial score (nSPS) is 28.0. The molecular formula is C13H19N2O4P. The van der Waals surface area contributed by atoms with Gasteiger partial charge < -0.3 is 4.52 Å². The number of hydrogen-bond donors (Lipinski definition) is 1. The van der Waals surface area contributed by atoms with E-state index in [4.69, 9.17) is 4.52 Å². The largest absolute Gasteiger partial charge is 0.322 e. The van der Waals surface area contributed by atoms with Crippen LogP contribution in [0.5, 0.6) is 0 Å². The number of benzene rings is 1. The molecule has 1 saturated heterocycles. The molecule has 1 aromatic carbocycles. The van der Waals surface area contributed by atoms with Crippen molar-refractivity contribution in [3.05, 3.63) is 34.4 Å². The van der Waals surface area contributed by atoms with E-state index in [0.717, 1.165) is 0 Å². The first-order chi connectivity index (χ1) is 9.07. The molecule has 1 heterocycles. The van der Waals surface area contributed by atoms with Gasteiger partial charge in [0.25, 0.3) is 13.1 Å². The minimum atomic E-state index is -3.13. The SMILES string of the molecule is CC1(C)CO[P@@](=O)(c2ccc([N+](=O)[O-])cc2)C(C)(C)N1. The van der Waals surface area contributed by atoms with Crippen LogP contribution < -0.4 is 10.6 Å². The molecule has 1 fully saturated rings. The minimum Gasteiger partial charge on any atom is -0.322 e. The van der Waals surface area contributed by atoms with E-state index in [1.165, 1.54) is 24.3 Å². The molecule has 0 amide bonds. The highest BCUT2D eigenvalue weighted by Gasteiger charge is 2.50. The zero-order valence-corrected chi connectivity index (χ0v) is 12.9. The van der Waals surface area contributed by atoms with Crippen LogP contribution in [-0.2, 0) is 9.09 Å². The molecule has 1 N–H and O–H groups in total. The number of nitrogens with one attached hydrogen (secondary N) is 1. The van der Waals surface area contributed by atoms with Gasteiger partial charge in [-0.2, -0.15) is 0 Å². The van der Waals surface area contributed by atoms with Gasteiger partial charge in [0.05, 0.1) is 16.8 Å². The zero-order chi connectivity index (χ0) is 15.2. The van der Waals surface area contributed by atoms with E-state index in [1.54, 1.807) is 0 Å². The summed E-state index contributed by atoms with van der Waals surface area (Å²) in [6.07, 6.45) is 0. The van der Waals surface area contributed by atoms with Crippen molar-refractivity contribution in [3.8, 4) is 0 Å². The van der Waals surface area contributed by atoms with Crippen LogP contribution in [0.4, 0.5) is 5.69 Å². The Morgan fingerprint density at radius 3 is 2.25 bits per heavy atom. The first kappa shape index (κ1) is 15.2. The fourth-order valence-corrected chi connectivity index (χ4v) is 5.13. The second-order valence-corrected chi connectivity index (χ2v) is 9.16. The van der Waals surface area contributed by atoms with Crippen molar-refractivity contribution in [2.75, 3.05) is 6.61 Å². The van der Waals surface area contributed by atoms with Gasteiger partial charge in [0.2, 0.25) is 0 Å². The molecule has 7 heteroatoms. The Bertz CT molecular complexity index is 581. The van der Waals surface area contributed by atoms with Gasteiger partial charge in [0, 0.05) is 23.0 Å². The summed E-state index contributed by atoms with van der Waals surface area (Å²) in [7, 11) is -3.13. The monoisotopic (exact) mass is 298 g/mol. The molecule has 1 aliphatic rings. The molecular weight excluding hydrogens is 279 g/mol. The number of hydrogen-bond acceptors (Lipinski definition) is 5. The summed E-state index contributed by atoms with van der Waals surface area (Å²) in [6, 6.07) is 5.74. The lowest BCUT2D eigenvalue weighted by Crippen LogP contribution is -2.59. The number of non-ortho nitro benzene ring substituents is 1. The van der Waals surface area contributed by atoms with Gasteiger partial charge in [0.1, 0.15) is 0 Å². The highest BCUT2D eigenvalue weighted by atomic mass is 31.2. The maximum atomic E-state index is 13.2. The van der Waals surface area contributed by atoms with Crippen LogP contribution in [0.15, 0.2) is 24.3 Å². The third-order valence-corrected chi connectivity index (χ3v) is 6.44. The Kier molecular flexibility index (Phi) is 3.53. The summed E-state index contributed by atoms with van der Waals surface area (Å²) in [4.78, 5) is 10.2. The molecule has 0 bridgehead atoms. The van der Waals surface area contributed by atoms with Crippen molar-refractivity contribution < 1.29 is 14.0 Å². The Morgan fingerprint density at radius 1 is 1.25 bits per heavy atom. The molecule has 1 aromatic rings. The second kappa shape index (κ2) is 4.65. The molecule has 1 aliphatic heterocycles. The van der Waals surface area contributed by atoms with Crippen LogP contribution in [0, 0.1) is 10.1 Å². The van der Waals surface area contributed by atoms with Crippen LogP contribution in [0.2, 0.25) is 0 Å². The second-order valence-electron chi connectivity index (χ2n) is 6.17. The third-order valence-electron chi connectivity index (χ3n) is 3.39. The topological polar surface area (TPSA) is 81.5 Å². The van der Waals surface area contributed by atoms with Crippen LogP contribution >= 0.6 is 7.37 Å². The standard InChI is InChI=1S/C13H19N2O4P/c1-12(2)9-19-20(18,13(3,4)14-12)11-7-5-10(6-8-11)15(16)17/h5-8,14H,9H2,1-4H3/t20-/m0/s1. The highest BCUT2D eigenvalue weighted by molar-refractivity contribution is 7.68. The Balaban J connectivity index is 2.40. The summed E-state index contributed by atoms with van der Waals surface area (Å²) in [5, 5.41) is 13.8. The van der Waals surface area contributed by atoms with Crippen LogP contribution in [0.1, 0.15) is 27.7 Å². The van der Waals surface area contributed by atoms with E-state index in [1.807, 2.05) is 27.7 Å². The maximum absolute atomic E-state index is 13.2.